The van der Waals surface area contributed by atoms with Gasteiger partial charge in [0.25, 0.3) is 10.0 Å². The SMILES string of the molecule is CN(c1ccccc1)S(=O)(=O)c1cc(N)cc(F)c1. The van der Waals surface area contributed by atoms with Gasteiger partial charge in [0.2, 0.25) is 0 Å². The van der Waals surface area contributed by atoms with Crippen LogP contribution in [0.2, 0.25) is 0 Å². The summed E-state index contributed by atoms with van der Waals surface area (Å²) in [6, 6.07) is 11.8. The van der Waals surface area contributed by atoms with Gasteiger partial charge in [-0.15, -0.1) is 0 Å². The summed E-state index contributed by atoms with van der Waals surface area (Å²) < 4.78 is 39.0. The third-order valence-electron chi connectivity index (χ3n) is 2.67. The Morgan fingerprint density at radius 3 is 2.32 bits per heavy atom. The molecule has 2 aromatic rings. The summed E-state index contributed by atoms with van der Waals surface area (Å²) in [4.78, 5) is -0.170. The first-order chi connectivity index (χ1) is 8.91. The second-order valence-electron chi connectivity index (χ2n) is 4.03. The molecule has 0 aliphatic carbocycles. The Morgan fingerprint density at radius 1 is 1.11 bits per heavy atom. The molecule has 0 atom stereocenters. The molecule has 19 heavy (non-hydrogen) atoms. The molecule has 0 fully saturated rings. The molecule has 0 saturated heterocycles. The van der Waals surface area contributed by atoms with Crippen LogP contribution >= 0.6 is 0 Å². The number of nitrogen functional groups attached to an aromatic ring is 1. The van der Waals surface area contributed by atoms with Gasteiger partial charge >= 0.3 is 0 Å². The Morgan fingerprint density at radius 2 is 1.74 bits per heavy atom. The maximum atomic E-state index is 13.3. The fraction of sp³-hybridized carbons (Fsp3) is 0.0769. The second-order valence-corrected chi connectivity index (χ2v) is 6.00. The van der Waals surface area contributed by atoms with Crippen molar-refractivity contribution in [3.63, 3.8) is 0 Å². The van der Waals surface area contributed by atoms with Gasteiger partial charge in [-0.25, -0.2) is 12.8 Å². The number of rotatable bonds is 3. The lowest BCUT2D eigenvalue weighted by atomic mass is 10.3. The van der Waals surface area contributed by atoms with Crippen LogP contribution in [0.3, 0.4) is 0 Å². The molecule has 0 amide bonds. The molecule has 0 aliphatic rings. The minimum Gasteiger partial charge on any atom is -0.399 e. The van der Waals surface area contributed by atoms with E-state index in [9.17, 15) is 12.8 Å². The van der Waals surface area contributed by atoms with Gasteiger partial charge in [-0.1, -0.05) is 18.2 Å². The number of para-hydroxylation sites is 1. The van der Waals surface area contributed by atoms with Crippen LogP contribution in [0.15, 0.2) is 53.4 Å². The predicted octanol–water partition coefficient (Wildman–Crippen LogP) is 2.23. The average molecular weight is 280 g/mol. The molecule has 0 bridgehead atoms. The number of benzene rings is 2. The molecule has 2 aromatic carbocycles. The minimum absolute atomic E-state index is 0.0695. The summed E-state index contributed by atoms with van der Waals surface area (Å²) in [7, 11) is -2.42. The number of hydrogen-bond acceptors (Lipinski definition) is 3. The highest BCUT2D eigenvalue weighted by Gasteiger charge is 2.22. The number of halogens is 1. The van der Waals surface area contributed by atoms with Crippen LogP contribution in [0.1, 0.15) is 0 Å². The van der Waals surface area contributed by atoms with E-state index in [-0.39, 0.29) is 10.6 Å². The molecule has 100 valence electrons. The first-order valence-corrected chi connectivity index (χ1v) is 6.95. The van der Waals surface area contributed by atoms with E-state index in [0.29, 0.717) is 5.69 Å². The normalized spacial score (nSPS) is 11.3. The van der Waals surface area contributed by atoms with E-state index in [4.69, 9.17) is 5.73 Å². The molecule has 2 rings (SSSR count). The van der Waals surface area contributed by atoms with Crippen LogP contribution in [0.4, 0.5) is 15.8 Å². The number of nitrogens with zero attached hydrogens (tertiary/aromatic N) is 1. The summed E-state index contributed by atoms with van der Waals surface area (Å²) in [5, 5.41) is 0. The van der Waals surface area contributed by atoms with Crippen LogP contribution in [0.25, 0.3) is 0 Å². The van der Waals surface area contributed by atoms with Crippen LogP contribution in [0, 0.1) is 5.82 Å². The van der Waals surface area contributed by atoms with Crippen LogP contribution in [0.5, 0.6) is 0 Å². The molecule has 0 unspecified atom stereocenters. The average Bonchev–Trinajstić information content (AvgIpc) is 2.37. The first-order valence-electron chi connectivity index (χ1n) is 5.51. The monoisotopic (exact) mass is 280 g/mol. The zero-order chi connectivity index (χ0) is 14.0. The molecule has 2 N–H and O–H groups in total. The maximum Gasteiger partial charge on any atom is 0.264 e. The lowest BCUT2D eigenvalue weighted by molar-refractivity contribution is 0.589. The fourth-order valence-electron chi connectivity index (χ4n) is 1.67. The molecular formula is C13H13FN2O2S. The molecule has 0 aromatic heterocycles. The highest BCUT2D eigenvalue weighted by molar-refractivity contribution is 7.92. The lowest BCUT2D eigenvalue weighted by Crippen LogP contribution is -2.26. The van der Waals surface area contributed by atoms with Crippen molar-refractivity contribution in [2.45, 2.75) is 4.90 Å². The number of nitrogens with two attached hydrogens (primary N) is 1. The van der Waals surface area contributed by atoms with Crippen molar-refractivity contribution in [3.05, 3.63) is 54.3 Å². The highest BCUT2D eigenvalue weighted by Crippen LogP contribution is 2.23. The Hall–Kier alpha value is -2.08. The predicted molar refractivity (Wildman–Crippen MR) is 72.8 cm³/mol. The number of sulfonamides is 1. The van der Waals surface area contributed by atoms with Gasteiger partial charge in [-0.3, -0.25) is 4.31 Å². The number of anilines is 2. The van der Waals surface area contributed by atoms with Crippen molar-refractivity contribution in [1.29, 1.82) is 0 Å². The Labute approximate surface area is 111 Å². The third-order valence-corrected chi connectivity index (χ3v) is 4.44. The lowest BCUT2D eigenvalue weighted by Gasteiger charge is -2.19. The zero-order valence-electron chi connectivity index (χ0n) is 10.2. The van der Waals surface area contributed by atoms with Crippen LogP contribution < -0.4 is 10.0 Å². The van der Waals surface area contributed by atoms with Crippen molar-refractivity contribution >= 4 is 21.4 Å². The van der Waals surface area contributed by atoms with Crippen molar-refractivity contribution in [2.24, 2.45) is 0 Å². The van der Waals surface area contributed by atoms with Gasteiger partial charge in [-0.05, 0) is 30.3 Å². The molecule has 0 spiro atoms. The van der Waals surface area contributed by atoms with Gasteiger partial charge in [0, 0.05) is 12.7 Å². The van der Waals surface area contributed by atoms with Crippen LogP contribution in [-0.4, -0.2) is 15.5 Å². The minimum atomic E-state index is -3.82. The molecule has 0 radical (unpaired) electrons. The maximum absolute atomic E-state index is 13.3. The second kappa shape index (κ2) is 4.89. The van der Waals surface area contributed by atoms with Gasteiger partial charge in [0.05, 0.1) is 10.6 Å². The van der Waals surface area contributed by atoms with Gasteiger partial charge in [0.15, 0.2) is 0 Å². The number of hydrogen-bond donors (Lipinski definition) is 1. The quantitative estimate of drug-likeness (QED) is 0.877. The molecule has 0 aliphatic heterocycles. The van der Waals surface area contributed by atoms with E-state index in [1.54, 1.807) is 30.3 Å². The van der Waals surface area contributed by atoms with Gasteiger partial charge < -0.3 is 5.73 Å². The summed E-state index contributed by atoms with van der Waals surface area (Å²) in [6.07, 6.45) is 0. The van der Waals surface area contributed by atoms with E-state index in [2.05, 4.69) is 0 Å². The van der Waals surface area contributed by atoms with Crippen molar-refractivity contribution in [3.8, 4) is 0 Å². The van der Waals surface area contributed by atoms with E-state index in [1.807, 2.05) is 0 Å². The largest absolute Gasteiger partial charge is 0.399 e. The third kappa shape index (κ3) is 2.68. The summed E-state index contributed by atoms with van der Waals surface area (Å²) in [5.74, 6) is -0.681. The summed E-state index contributed by atoms with van der Waals surface area (Å²) >= 11 is 0. The van der Waals surface area contributed by atoms with E-state index >= 15 is 0 Å². The van der Waals surface area contributed by atoms with Gasteiger partial charge in [-0.2, -0.15) is 0 Å². The molecule has 4 nitrogen and oxygen atoms in total. The molecule has 6 heteroatoms. The topological polar surface area (TPSA) is 63.4 Å². The van der Waals surface area contributed by atoms with Crippen molar-refractivity contribution in [2.75, 3.05) is 17.1 Å². The summed E-state index contributed by atoms with van der Waals surface area (Å²) in [6.45, 7) is 0. The van der Waals surface area contributed by atoms with E-state index in [0.717, 1.165) is 16.4 Å². The Balaban J connectivity index is 2.48. The highest BCUT2D eigenvalue weighted by atomic mass is 32.2. The fourth-order valence-corrected chi connectivity index (χ4v) is 2.93. The standard InChI is InChI=1S/C13H13FN2O2S/c1-16(12-5-3-2-4-6-12)19(17,18)13-8-10(14)7-11(15)9-13/h2-9H,15H2,1H3. The Bertz CT molecular complexity index is 667. The Kier molecular flexibility index (Phi) is 3.44. The van der Waals surface area contributed by atoms with Crippen molar-refractivity contribution < 1.29 is 12.8 Å². The summed E-state index contributed by atoms with van der Waals surface area (Å²) in [5.41, 5.74) is 6.03. The van der Waals surface area contributed by atoms with Gasteiger partial charge in [0.1, 0.15) is 5.82 Å². The van der Waals surface area contributed by atoms with Crippen molar-refractivity contribution in [1.82, 2.24) is 0 Å². The zero-order valence-corrected chi connectivity index (χ0v) is 11.1. The smallest absolute Gasteiger partial charge is 0.264 e. The molecular weight excluding hydrogens is 267 g/mol. The van der Waals surface area contributed by atoms with E-state index < -0.39 is 15.8 Å². The molecule has 0 saturated carbocycles. The molecule has 0 heterocycles. The first kappa shape index (κ1) is 13.4. The van der Waals surface area contributed by atoms with E-state index in [1.165, 1.54) is 13.1 Å². The van der Waals surface area contributed by atoms with Crippen LogP contribution in [-0.2, 0) is 10.0 Å².